The number of aliphatic imine (C=N–C) groups is 1. The number of nitrogens with one attached hydrogen (secondary N) is 1. The molecule has 0 saturated heterocycles. The molecular formula is C12H12N2S2. The van der Waals surface area contributed by atoms with E-state index < -0.39 is 0 Å². The molecule has 0 aromatic carbocycles. The van der Waals surface area contributed by atoms with Gasteiger partial charge in [0.1, 0.15) is 5.00 Å². The first kappa shape index (κ1) is 10.1. The van der Waals surface area contributed by atoms with Crippen LogP contribution in [0.2, 0.25) is 0 Å². The molecule has 3 heterocycles. The molecule has 3 rings (SSSR count). The van der Waals surface area contributed by atoms with Gasteiger partial charge in [-0.3, -0.25) is 0 Å². The van der Waals surface area contributed by atoms with Crippen LogP contribution in [0.3, 0.4) is 0 Å². The van der Waals surface area contributed by atoms with Crippen LogP contribution in [-0.4, -0.2) is 6.34 Å². The zero-order chi connectivity index (χ0) is 11.1. The van der Waals surface area contributed by atoms with Crippen molar-refractivity contribution in [1.82, 2.24) is 5.32 Å². The molecule has 0 bridgehead atoms. The molecular weight excluding hydrogens is 236 g/mol. The highest BCUT2D eigenvalue weighted by Crippen LogP contribution is 2.39. The fourth-order valence-electron chi connectivity index (χ4n) is 2.09. The number of nitrogens with zero attached hydrogens (tertiary/aromatic N) is 1. The maximum absolute atomic E-state index is 4.35. The van der Waals surface area contributed by atoms with Gasteiger partial charge in [0, 0.05) is 15.3 Å². The predicted octanol–water partition coefficient (Wildman–Crippen LogP) is 3.78. The second kappa shape index (κ2) is 3.71. The third-order valence-electron chi connectivity index (χ3n) is 2.80. The van der Waals surface area contributed by atoms with E-state index in [9.17, 15) is 0 Å². The summed E-state index contributed by atoms with van der Waals surface area (Å²) in [5, 5.41) is 6.59. The lowest BCUT2D eigenvalue weighted by Gasteiger charge is -2.20. The molecule has 0 spiro atoms. The molecule has 0 saturated carbocycles. The largest absolute Gasteiger partial charge is 0.365 e. The van der Waals surface area contributed by atoms with E-state index in [1.807, 2.05) is 17.7 Å². The van der Waals surface area contributed by atoms with Gasteiger partial charge in [0.25, 0.3) is 0 Å². The molecule has 0 radical (unpaired) electrons. The highest BCUT2D eigenvalue weighted by atomic mass is 32.1. The first-order valence-electron chi connectivity index (χ1n) is 5.18. The maximum atomic E-state index is 4.35. The molecule has 2 aromatic rings. The molecule has 2 aromatic heterocycles. The summed E-state index contributed by atoms with van der Waals surface area (Å²) in [5.41, 5.74) is 2.68. The highest BCUT2D eigenvalue weighted by molar-refractivity contribution is 7.14. The van der Waals surface area contributed by atoms with Crippen LogP contribution in [0, 0.1) is 13.8 Å². The summed E-state index contributed by atoms with van der Waals surface area (Å²) >= 11 is 3.56. The summed E-state index contributed by atoms with van der Waals surface area (Å²) in [5.74, 6) is 0. The van der Waals surface area contributed by atoms with Gasteiger partial charge < -0.3 is 5.32 Å². The first-order valence-corrected chi connectivity index (χ1v) is 6.88. The topological polar surface area (TPSA) is 24.4 Å². The van der Waals surface area contributed by atoms with Crippen LogP contribution in [-0.2, 0) is 0 Å². The van der Waals surface area contributed by atoms with E-state index in [4.69, 9.17) is 0 Å². The molecule has 0 fully saturated rings. The third-order valence-corrected chi connectivity index (χ3v) is 4.62. The standard InChI is InChI=1S/C12H12N2S2/c1-7-5-10(8(2)16-7)11-9-3-4-15-12(9)14-6-13-11/h3-6,11H,1-2H3,(H,13,14). The Balaban J connectivity index is 2.10. The van der Waals surface area contributed by atoms with Gasteiger partial charge in [0.15, 0.2) is 0 Å². The second-order valence-corrected chi connectivity index (χ2v) is 6.26. The van der Waals surface area contributed by atoms with Crippen LogP contribution in [0.1, 0.15) is 26.9 Å². The Morgan fingerprint density at radius 2 is 2.19 bits per heavy atom. The van der Waals surface area contributed by atoms with Gasteiger partial charge in [-0.2, -0.15) is 0 Å². The van der Waals surface area contributed by atoms with Gasteiger partial charge in [-0.1, -0.05) is 0 Å². The average Bonchev–Trinajstić information content (AvgIpc) is 2.84. The molecule has 0 amide bonds. The summed E-state index contributed by atoms with van der Waals surface area (Å²) in [6.07, 6.45) is 1.82. The van der Waals surface area contributed by atoms with Crippen LogP contribution in [0.15, 0.2) is 22.5 Å². The average molecular weight is 248 g/mol. The van der Waals surface area contributed by atoms with Crippen molar-refractivity contribution < 1.29 is 0 Å². The Bertz CT molecular complexity index is 551. The zero-order valence-electron chi connectivity index (χ0n) is 9.15. The minimum absolute atomic E-state index is 0.281. The molecule has 1 unspecified atom stereocenters. The Hall–Kier alpha value is -1.13. The summed E-state index contributed by atoms with van der Waals surface area (Å²) in [6, 6.07) is 4.72. The van der Waals surface area contributed by atoms with Gasteiger partial charge in [-0.15, -0.1) is 22.7 Å². The highest BCUT2D eigenvalue weighted by Gasteiger charge is 2.22. The molecule has 82 valence electrons. The zero-order valence-corrected chi connectivity index (χ0v) is 10.8. The normalized spacial score (nSPS) is 18.2. The summed E-state index contributed by atoms with van der Waals surface area (Å²) in [7, 11) is 0. The van der Waals surface area contributed by atoms with E-state index in [1.165, 1.54) is 20.9 Å². The lowest BCUT2D eigenvalue weighted by Crippen LogP contribution is -2.22. The summed E-state index contributed by atoms with van der Waals surface area (Å²) in [4.78, 5) is 7.11. The van der Waals surface area contributed by atoms with Crippen LogP contribution >= 0.6 is 22.7 Å². The third kappa shape index (κ3) is 1.49. The van der Waals surface area contributed by atoms with E-state index in [-0.39, 0.29) is 6.04 Å². The van der Waals surface area contributed by atoms with Crippen molar-refractivity contribution in [3.63, 3.8) is 0 Å². The molecule has 16 heavy (non-hydrogen) atoms. The summed E-state index contributed by atoms with van der Waals surface area (Å²) < 4.78 is 0. The van der Waals surface area contributed by atoms with E-state index in [0.717, 1.165) is 5.00 Å². The quantitative estimate of drug-likeness (QED) is 0.816. The van der Waals surface area contributed by atoms with E-state index >= 15 is 0 Å². The number of rotatable bonds is 1. The maximum Gasteiger partial charge on any atom is 0.123 e. The molecule has 1 aliphatic heterocycles. The van der Waals surface area contributed by atoms with Crippen molar-refractivity contribution in [2.45, 2.75) is 19.9 Å². The van der Waals surface area contributed by atoms with Crippen molar-refractivity contribution >= 4 is 34.0 Å². The van der Waals surface area contributed by atoms with Crippen molar-refractivity contribution in [3.05, 3.63) is 38.4 Å². The Morgan fingerprint density at radius 3 is 2.94 bits per heavy atom. The van der Waals surface area contributed by atoms with E-state index in [2.05, 4.69) is 41.7 Å². The fraction of sp³-hybridized carbons (Fsp3) is 0.250. The Labute approximate surface area is 103 Å². The lowest BCUT2D eigenvalue weighted by atomic mass is 10.0. The predicted molar refractivity (Wildman–Crippen MR) is 71.2 cm³/mol. The van der Waals surface area contributed by atoms with Crippen molar-refractivity contribution in [2.24, 2.45) is 4.99 Å². The Kier molecular flexibility index (Phi) is 2.33. The van der Waals surface area contributed by atoms with Gasteiger partial charge in [-0.25, -0.2) is 4.99 Å². The second-order valence-electron chi connectivity index (χ2n) is 3.91. The van der Waals surface area contributed by atoms with Gasteiger partial charge >= 0.3 is 0 Å². The number of thiophene rings is 2. The molecule has 1 N–H and O–H groups in total. The molecule has 0 aliphatic carbocycles. The molecule has 4 heteroatoms. The van der Waals surface area contributed by atoms with Gasteiger partial charge in [-0.05, 0) is 36.9 Å². The SMILES string of the molecule is Cc1cc(C2NC=Nc3sccc32)c(C)s1. The molecule has 2 nitrogen and oxygen atoms in total. The van der Waals surface area contributed by atoms with Gasteiger partial charge in [0.2, 0.25) is 0 Å². The smallest absolute Gasteiger partial charge is 0.123 e. The monoisotopic (exact) mass is 248 g/mol. The molecule has 1 aliphatic rings. The van der Waals surface area contributed by atoms with Crippen molar-refractivity contribution in [1.29, 1.82) is 0 Å². The number of hydrogen-bond acceptors (Lipinski definition) is 4. The van der Waals surface area contributed by atoms with Crippen LogP contribution in [0.25, 0.3) is 0 Å². The molecule has 1 atom stereocenters. The van der Waals surface area contributed by atoms with Gasteiger partial charge in [0.05, 0.1) is 12.4 Å². The fourth-order valence-corrected chi connectivity index (χ4v) is 3.83. The van der Waals surface area contributed by atoms with Crippen LogP contribution in [0.5, 0.6) is 0 Å². The van der Waals surface area contributed by atoms with Crippen molar-refractivity contribution in [3.8, 4) is 0 Å². The van der Waals surface area contributed by atoms with Crippen molar-refractivity contribution in [2.75, 3.05) is 0 Å². The Morgan fingerprint density at radius 1 is 1.31 bits per heavy atom. The minimum atomic E-state index is 0.281. The summed E-state index contributed by atoms with van der Waals surface area (Å²) in [6.45, 7) is 4.35. The number of hydrogen-bond donors (Lipinski definition) is 1. The van der Waals surface area contributed by atoms with E-state index in [0.29, 0.717) is 0 Å². The van der Waals surface area contributed by atoms with E-state index in [1.54, 1.807) is 11.3 Å². The lowest BCUT2D eigenvalue weighted by molar-refractivity contribution is 0.765. The minimum Gasteiger partial charge on any atom is -0.365 e. The first-order chi connectivity index (χ1) is 7.75. The van der Waals surface area contributed by atoms with Crippen LogP contribution < -0.4 is 5.32 Å². The van der Waals surface area contributed by atoms with Crippen LogP contribution in [0.4, 0.5) is 5.00 Å². The number of aryl methyl sites for hydroxylation is 2. The number of fused-ring (bicyclic) bond motifs is 1.